The molecule has 0 saturated heterocycles. The second-order valence-corrected chi connectivity index (χ2v) is 8.19. The zero-order chi connectivity index (χ0) is 22.7. The van der Waals surface area contributed by atoms with Crippen LogP contribution in [0.25, 0.3) is 0 Å². The van der Waals surface area contributed by atoms with Crippen molar-refractivity contribution in [3.63, 3.8) is 0 Å². The average Bonchev–Trinajstić information content (AvgIpc) is 3.57. The van der Waals surface area contributed by atoms with Gasteiger partial charge in [0, 0.05) is 42.9 Å². The molecule has 1 N–H and O–H groups in total. The number of aromatic nitrogens is 2. The SMILES string of the molecule is COC(=O)CCNC(=O)c1nn(CC2CC2)c2c1CN(C(=O)c1cccc(OC)c1)CC2. The number of hydrogen-bond donors (Lipinski definition) is 1. The Labute approximate surface area is 186 Å². The third kappa shape index (κ3) is 4.76. The molecule has 9 heteroatoms. The number of carbonyl (C=O) groups excluding carboxylic acids is 3. The molecule has 1 aliphatic heterocycles. The third-order valence-electron chi connectivity index (χ3n) is 5.92. The lowest BCUT2D eigenvalue weighted by atomic mass is 10.0. The van der Waals surface area contributed by atoms with E-state index in [1.165, 1.54) is 20.0 Å². The number of esters is 1. The minimum Gasteiger partial charge on any atom is -0.497 e. The van der Waals surface area contributed by atoms with Crippen LogP contribution in [0.4, 0.5) is 0 Å². The first-order valence-electron chi connectivity index (χ1n) is 10.9. The van der Waals surface area contributed by atoms with Gasteiger partial charge in [-0.3, -0.25) is 19.1 Å². The second kappa shape index (κ2) is 9.42. The molecule has 2 aliphatic rings. The van der Waals surface area contributed by atoms with Crippen molar-refractivity contribution < 1.29 is 23.9 Å². The maximum atomic E-state index is 13.1. The zero-order valence-electron chi connectivity index (χ0n) is 18.4. The number of nitrogens with one attached hydrogen (secondary N) is 1. The fraction of sp³-hybridized carbons (Fsp3) is 0.478. The highest BCUT2D eigenvalue weighted by Gasteiger charge is 2.32. The lowest BCUT2D eigenvalue weighted by Crippen LogP contribution is -2.37. The smallest absolute Gasteiger partial charge is 0.307 e. The van der Waals surface area contributed by atoms with Gasteiger partial charge in [0.15, 0.2) is 5.69 Å². The summed E-state index contributed by atoms with van der Waals surface area (Å²) in [4.78, 5) is 39.1. The fourth-order valence-corrected chi connectivity index (χ4v) is 3.95. The van der Waals surface area contributed by atoms with Gasteiger partial charge in [-0.05, 0) is 37.0 Å². The molecule has 1 aromatic carbocycles. The normalized spacial score (nSPS) is 15.1. The summed E-state index contributed by atoms with van der Waals surface area (Å²) in [6.07, 6.45) is 3.08. The molecule has 2 aromatic rings. The minimum atomic E-state index is -0.387. The van der Waals surface area contributed by atoms with E-state index in [0.29, 0.717) is 42.4 Å². The minimum absolute atomic E-state index is 0.0909. The highest BCUT2D eigenvalue weighted by Crippen LogP contribution is 2.33. The topological polar surface area (TPSA) is 103 Å². The van der Waals surface area contributed by atoms with Crippen molar-refractivity contribution >= 4 is 17.8 Å². The van der Waals surface area contributed by atoms with Crippen LogP contribution in [0, 0.1) is 5.92 Å². The van der Waals surface area contributed by atoms with Gasteiger partial charge < -0.3 is 19.7 Å². The molecule has 9 nitrogen and oxygen atoms in total. The first-order chi connectivity index (χ1) is 15.5. The van der Waals surface area contributed by atoms with Gasteiger partial charge in [-0.25, -0.2) is 0 Å². The van der Waals surface area contributed by atoms with Crippen molar-refractivity contribution in [2.24, 2.45) is 5.92 Å². The van der Waals surface area contributed by atoms with E-state index < -0.39 is 0 Å². The molecule has 2 amide bonds. The van der Waals surface area contributed by atoms with Gasteiger partial charge in [0.2, 0.25) is 0 Å². The van der Waals surface area contributed by atoms with Crippen molar-refractivity contribution in [1.82, 2.24) is 20.0 Å². The number of ether oxygens (including phenoxy) is 2. The van der Waals surface area contributed by atoms with E-state index in [-0.39, 0.29) is 30.7 Å². The largest absolute Gasteiger partial charge is 0.497 e. The van der Waals surface area contributed by atoms with E-state index in [1.54, 1.807) is 36.3 Å². The molecular weight excluding hydrogens is 412 g/mol. The molecule has 2 heterocycles. The Balaban J connectivity index is 1.54. The van der Waals surface area contributed by atoms with E-state index in [2.05, 4.69) is 15.2 Å². The van der Waals surface area contributed by atoms with Gasteiger partial charge in [0.25, 0.3) is 11.8 Å². The number of amides is 2. The number of fused-ring (bicyclic) bond motifs is 1. The summed E-state index contributed by atoms with van der Waals surface area (Å²) in [7, 11) is 2.88. The molecule has 1 fully saturated rings. The summed E-state index contributed by atoms with van der Waals surface area (Å²) in [5.74, 6) is 0.390. The van der Waals surface area contributed by atoms with E-state index >= 15 is 0 Å². The Hall–Kier alpha value is -3.36. The van der Waals surface area contributed by atoms with Crippen LogP contribution in [0.15, 0.2) is 24.3 Å². The third-order valence-corrected chi connectivity index (χ3v) is 5.92. The maximum Gasteiger partial charge on any atom is 0.307 e. The van der Waals surface area contributed by atoms with Crippen LogP contribution in [0.2, 0.25) is 0 Å². The maximum absolute atomic E-state index is 13.1. The molecule has 4 rings (SSSR count). The first-order valence-corrected chi connectivity index (χ1v) is 10.9. The number of benzene rings is 1. The van der Waals surface area contributed by atoms with Gasteiger partial charge in [-0.1, -0.05) is 6.07 Å². The summed E-state index contributed by atoms with van der Waals surface area (Å²) >= 11 is 0. The lowest BCUT2D eigenvalue weighted by Gasteiger charge is -2.28. The Morgan fingerprint density at radius 1 is 1.22 bits per heavy atom. The molecule has 170 valence electrons. The standard InChI is InChI=1S/C23H28N4O5/c1-31-17-5-3-4-16(12-17)23(30)26-11-9-19-18(14-26)21(25-27(19)13-15-6-7-15)22(29)24-10-8-20(28)32-2/h3-5,12,15H,6-11,13-14H2,1-2H3,(H,24,29). The van der Waals surface area contributed by atoms with Gasteiger partial charge in [-0.15, -0.1) is 0 Å². The van der Waals surface area contributed by atoms with Crippen molar-refractivity contribution in [1.29, 1.82) is 0 Å². The van der Waals surface area contributed by atoms with Gasteiger partial charge in [0.05, 0.1) is 27.2 Å². The van der Waals surface area contributed by atoms with Crippen LogP contribution in [0.5, 0.6) is 5.75 Å². The van der Waals surface area contributed by atoms with Crippen LogP contribution >= 0.6 is 0 Å². The monoisotopic (exact) mass is 440 g/mol. The van der Waals surface area contributed by atoms with E-state index in [0.717, 1.165) is 17.8 Å². The van der Waals surface area contributed by atoms with Gasteiger partial charge >= 0.3 is 5.97 Å². The predicted molar refractivity (Wildman–Crippen MR) is 115 cm³/mol. The van der Waals surface area contributed by atoms with Crippen LogP contribution in [-0.4, -0.2) is 59.8 Å². The second-order valence-electron chi connectivity index (χ2n) is 8.19. The fourth-order valence-electron chi connectivity index (χ4n) is 3.95. The molecule has 32 heavy (non-hydrogen) atoms. The molecule has 0 atom stereocenters. The van der Waals surface area contributed by atoms with Crippen LogP contribution in [0.3, 0.4) is 0 Å². The Morgan fingerprint density at radius 2 is 2.03 bits per heavy atom. The quantitative estimate of drug-likeness (QED) is 0.628. The van der Waals surface area contributed by atoms with Gasteiger partial charge in [0.1, 0.15) is 5.75 Å². The van der Waals surface area contributed by atoms with Crippen molar-refractivity contribution in [2.75, 3.05) is 27.3 Å². The summed E-state index contributed by atoms with van der Waals surface area (Å²) in [6.45, 7) is 1.84. The molecule has 1 aromatic heterocycles. The van der Waals surface area contributed by atoms with Crippen molar-refractivity contribution in [3.8, 4) is 5.75 Å². The lowest BCUT2D eigenvalue weighted by molar-refractivity contribution is -0.140. The summed E-state index contributed by atoms with van der Waals surface area (Å²) in [6, 6.07) is 7.06. The Morgan fingerprint density at radius 3 is 2.75 bits per heavy atom. The summed E-state index contributed by atoms with van der Waals surface area (Å²) in [5.41, 5.74) is 2.67. The molecule has 1 saturated carbocycles. The van der Waals surface area contributed by atoms with E-state index in [4.69, 9.17) is 4.74 Å². The molecule has 0 bridgehead atoms. The molecule has 0 spiro atoms. The van der Waals surface area contributed by atoms with Crippen LogP contribution in [0.1, 0.15) is 51.4 Å². The zero-order valence-corrected chi connectivity index (χ0v) is 18.4. The first kappa shape index (κ1) is 21.9. The number of carbonyl (C=O) groups is 3. The summed E-state index contributed by atoms with van der Waals surface area (Å²) in [5, 5.41) is 7.37. The molecule has 1 aliphatic carbocycles. The highest BCUT2D eigenvalue weighted by molar-refractivity contribution is 5.96. The highest BCUT2D eigenvalue weighted by atomic mass is 16.5. The Kier molecular flexibility index (Phi) is 6.43. The summed E-state index contributed by atoms with van der Waals surface area (Å²) < 4.78 is 11.8. The number of methoxy groups -OCH3 is 2. The molecular formula is C23H28N4O5. The predicted octanol–water partition coefficient (Wildman–Crippen LogP) is 1.79. The van der Waals surface area contributed by atoms with Crippen LogP contribution in [-0.2, 0) is 29.0 Å². The Bertz CT molecular complexity index is 1030. The molecule has 0 radical (unpaired) electrons. The number of hydrogen-bond acceptors (Lipinski definition) is 6. The van der Waals surface area contributed by atoms with Crippen LogP contribution < -0.4 is 10.1 Å². The molecule has 0 unspecified atom stereocenters. The van der Waals surface area contributed by atoms with Crippen molar-refractivity contribution in [2.45, 2.75) is 38.8 Å². The number of nitrogens with zero attached hydrogens (tertiary/aromatic N) is 3. The van der Waals surface area contributed by atoms with Gasteiger partial charge in [-0.2, -0.15) is 5.10 Å². The number of rotatable bonds is 8. The van der Waals surface area contributed by atoms with Crippen molar-refractivity contribution in [3.05, 3.63) is 46.8 Å². The van der Waals surface area contributed by atoms with E-state index in [9.17, 15) is 14.4 Å². The van der Waals surface area contributed by atoms with E-state index in [1.807, 2.05) is 4.68 Å². The average molecular weight is 441 g/mol.